The normalized spacial score (nSPS) is 9.44. The van der Waals surface area contributed by atoms with Gasteiger partial charge in [-0.05, 0) is 42.7 Å². The molecule has 0 fully saturated rings. The van der Waals surface area contributed by atoms with E-state index in [1.54, 1.807) is 37.4 Å². The number of benzene rings is 1. The lowest BCUT2D eigenvalue weighted by molar-refractivity contribution is 0.105. The molecule has 0 saturated carbocycles. The average Bonchev–Trinajstić information content (AvgIpc) is 2.38. The van der Waals surface area contributed by atoms with Gasteiger partial charge >= 0.3 is 0 Å². The van der Waals surface area contributed by atoms with Gasteiger partial charge in [-0.25, -0.2) is 4.39 Å². The van der Waals surface area contributed by atoms with Crippen LogP contribution in [0.4, 0.5) is 4.39 Å². The zero-order valence-electron chi connectivity index (χ0n) is 9.77. The van der Waals surface area contributed by atoms with E-state index in [1.807, 2.05) is 0 Å². The lowest BCUT2D eigenvalue weighted by Gasteiger charge is -1.95. The topological polar surface area (TPSA) is 30.0 Å². The van der Waals surface area contributed by atoms with Crippen LogP contribution in [-0.4, -0.2) is 10.8 Å². The molecule has 2 rings (SSSR count). The number of hydrogen-bond donors (Lipinski definition) is 0. The van der Waals surface area contributed by atoms with Crippen LogP contribution in [0.25, 0.3) is 0 Å². The second-order valence-electron chi connectivity index (χ2n) is 3.80. The van der Waals surface area contributed by atoms with Crippen molar-refractivity contribution < 1.29 is 9.18 Å². The molecule has 0 saturated heterocycles. The Labute approximate surface area is 104 Å². The predicted molar refractivity (Wildman–Crippen MR) is 66.6 cm³/mol. The van der Waals surface area contributed by atoms with Gasteiger partial charge in [0, 0.05) is 18.0 Å². The Balaban J connectivity index is 2.25. The summed E-state index contributed by atoms with van der Waals surface area (Å²) in [5.74, 6) is 4.16. The molecule has 0 unspecified atom stereocenters. The molecule has 0 spiro atoms. The molecule has 1 heterocycles. The molecule has 1 aromatic carbocycles. The largest absolute Gasteiger partial charge is 0.279 e. The van der Waals surface area contributed by atoms with E-state index in [-0.39, 0.29) is 11.3 Å². The van der Waals surface area contributed by atoms with E-state index in [0.717, 1.165) is 5.56 Å². The fraction of sp³-hybridized carbons (Fsp3) is 0.0667. The molecule has 2 nitrogen and oxygen atoms in total. The summed E-state index contributed by atoms with van der Waals surface area (Å²) < 4.78 is 13.5. The second-order valence-corrected chi connectivity index (χ2v) is 3.80. The van der Waals surface area contributed by atoms with Crippen LogP contribution in [0.1, 0.15) is 21.5 Å². The lowest BCUT2D eigenvalue weighted by atomic mass is 10.1. The van der Waals surface area contributed by atoms with Crippen molar-refractivity contribution in [2.75, 3.05) is 0 Å². The number of Topliss-reactive ketones (excluding diaryl/α,β-unsaturated/α-hetero) is 1. The van der Waals surface area contributed by atoms with Crippen LogP contribution in [0.3, 0.4) is 0 Å². The Morgan fingerprint density at radius 1 is 1.33 bits per heavy atom. The van der Waals surface area contributed by atoms with Crippen LogP contribution < -0.4 is 0 Å². The third-order valence-electron chi connectivity index (χ3n) is 2.36. The smallest absolute Gasteiger partial charge is 0.237 e. The van der Waals surface area contributed by atoms with Crippen LogP contribution in [0, 0.1) is 24.6 Å². The highest BCUT2D eigenvalue weighted by molar-refractivity contribution is 6.09. The van der Waals surface area contributed by atoms with Gasteiger partial charge in [0.1, 0.15) is 5.82 Å². The molecule has 0 radical (unpaired) electrons. The SMILES string of the molecule is Cc1ccc(C#CC(=O)c2cccnc2)c(F)c1. The van der Waals surface area contributed by atoms with Crippen molar-refractivity contribution in [1.82, 2.24) is 4.98 Å². The first-order valence-corrected chi connectivity index (χ1v) is 5.39. The number of rotatable bonds is 1. The summed E-state index contributed by atoms with van der Waals surface area (Å²) in [6, 6.07) is 7.98. The zero-order valence-corrected chi connectivity index (χ0v) is 9.77. The minimum Gasteiger partial charge on any atom is -0.279 e. The number of carbonyl (C=O) groups is 1. The van der Waals surface area contributed by atoms with Crippen molar-refractivity contribution in [3.8, 4) is 11.8 Å². The Bertz CT molecular complexity index is 639. The second kappa shape index (κ2) is 5.24. The van der Waals surface area contributed by atoms with E-state index in [1.165, 1.54) is 12.3 Å². The molecule has 0 N–H and O–H groups in total. The molecule has 0 aliphatic heterocycles. The molecule has 3 heteroatoms. The number of pyridine rings is 1. The third-order valence-corrected chi connectivity index (χ3v) is 2.36. The Hall–Kier alpha value is -2.47. The molecule has 88 valence electrons. The van der Waals surface area contributed by atoms with Gasteiger partial charge in [0.25, 0.3) is 0 Å². The summed E-state index contributed by atoms with van der Waals surface area (Å²) in [6.07, 6.45) is 3.01. The minimum absolute atomic E-state index is 0.220. The molecule has 18 heavy (non-hydrogen) atoms. The van der Waals surface area contributed by atoms with Crippen molar-refractivity contribution in [2.45, 2.75) is 6.92 Å². The van der Waals surface area contributed by atoms with E-state index < -0.39 is 5.82 Å². The highest BCUT2D eigenvalue weighted by Crippen LogP contribution is 2.08. The summed E-state index contributed by atoms with van der Waals surface area (Å²) in [6.45, 7) is 1.79. The first kappa shape index (κ1) is 12.0. The molecular weight excluding hydrogens is 229 g/mol. The van der Waals surface area contributed by atoms with Crippen molar-refractivity contribution >= 4 is 5.78 Å². The van der Waals surface area contributed by atoms with E-state index in [4.69, 9.17) is 0 Å². The number of carbonyl (C=O) groups excluding carboxylic acids is 1. The lowest BCUT2D eigenvalue weighted by Crippen LogP contribution is -1.95. The summed E-state index contributed by atoms with van der Waals surface area (Å²) in [5.41, 5.74) is 1.44. The van der Waals surface area contributed by atoms with Crippen LogP contribution in [-0.2, 0) is 0 Å². The monoisotopic (exact) mass is 239 g/mol. The molecule has 0 bridgehead atoms. The Kier molecular flexibility index (Phi) is 3.49. The number of nitrogens with zero attached hydrogens (tertiary/aromatic N) is 1. The Morgan fingerprint density at radius 3 is 2.83 bits per heavy atom. The highest BCUT2D eigenvalue weighted by Gasteiger charge is 2.02. The summed E-state index contributed by atoms with van der Waals surface area (Å²) in [4.78, 5) is 15.5. The maximum atomic E-state index is 13.5. The van der Waals surface area contributed by atoms with Crippen LogP contribution >= 0.6 is 0 Å². The van der Waals surface area contributed by atoms with Crippen molar-refractivity contribution in [3.05, 3.63) is 65.2 Å². The summed E-state index contributed by atoms with van der Waals surface area (Å²) in [5, 5.41) is 0. The predicted octanol–water partition coefficient (Wildman–Crippen LogP) is 2.76. The van der Waals surface area contributed by atoms with E-state index >= 15 is 0 Å². The third kappa shape index (κ3) is 2.80. The van der Waals surface area contributed by atoms with Crippen molar-refractivity contribution in [1.29, 1.82) is 0 Å². The molecule has 1 aromatic heterocycles. The number of halogens is 1. The van der Waals surface area contributed by atoms with E-state index in [9.17, 15) is 9.18 Å². The fourth-order valence-corrected chi connectivity index (χ4v) is 1.41. The Morgan fingerprint density at radius 2 is 2.17 bits per heavy atom. The summed E-state index contributed by atoms with van der Waals surface area (Å²) in [7, 11) is 0. The molecular formula is C15H10FNO. The van der Waals surface area contributed by atoms with Gasteiger partial charge in [0.15, 0.2) is 0 Å². The van der Waals surface area contributed by atoms with E-state index in [0.29, 0.717) is 5.56 Å². The number of aryl methyl sites for hydroxylation is 1. The maximum absolute atomic E-state index is 13.5. The van der Waals surface area contributed by atoms with Gasteiger partial charge in [0.2, 0.25) is 5.78 Å². The molecule has 0 aliphatic rings. The quantitative estimate of drug-likeness (QED) is 0.565. The average molecular weight is 239 g/mol. The van der Waals surface area contributed by atoms with Crippen LogP contribution in [0.5, 0.6) is 0 Å². The standard InChI is InChI=1S/C15H10FNO/c1-11-4-5-12(14(16)9-11)6-7-15(18)13-3-2-8-17-10-13/h2-5,8-10H,1H3. The molecule has 0 atom stereocenters. The maximum Gasteiger partial charge on any atom is 0.237 e. The van der Waals surface area contributed by atoms with Gasteiger partial charge in [-0.2, -0.15) is 0 Å². The molecule has 0 aliphatic carbocycles. The number of ketones is 1. The molecule has 2 aromatic rings. The summed E-state index contributed by atoms with van der Waals surface area (Å²) >= 11 is 0. The van der Waals surface area contributed by atoms with Gasteiger partial charge in [0.05, 0.1) is 5.56 Å². The minimum atomic E-state index is -0.415. The first-order valence-electron chi connectivity index (χ1n) is 5.39. The van der Waals surface area contributed by atoms with Crippen molar-refractivity contribution in [3.63, 3.8) is 0 Å². The van der Waals surface area contributed by atoms with Gasteiger partial charge in [-0.15, -0.1) is 0 Å². The molecule has 0 amide bonds. The van der Waals surface area contributed by atoms with Crippen molar-refractivity contribution in [2.24, 2.45) is 0 Å². The fourth-order valence-electron chi connectivity index (χ4n) is 1.41. The number of hydrogen-bond acceptors (Lipinski definition) is 2. The van der Waals surface area contributed by atoms with Crippen LogP contribution in [0.15, 0.2) is 42.7 Å². The van der Waals surface area contributed by atoms with Crippen LogP contribution in [0.2, 0.25) is 0 Å². The zero-order chi connectivity index (χ0) is 13.0. The van der Waals surface area contributed by atoms with Gasteiger partial charge < -0.3 is 0 Å². The highest BCUT2D eigenvalue weighted by atomic mass is 19.1. The van der Waals surface area contributed by atoms with E-state index in [2.05, 4.69) is 16.8 Å². The number of aromatic nitrogens is 1. The van der Waals surface area contributed by atoms with Gasteiger partial charge in [-0.3, -0.25) is 9.78 Å². The van der Waals surface area contributed by atoms with Gasteiger partial charge in [-0.1, -0.05) is 12.0 Å². The first-order chi connectivity index (χ1) is 8.66.